The van der Waals surface area contributed by atoms with E-state index in [4.69, 9.17) is 0 Å². The van der Waals surface area contributed by atoms with Crippen molar-refractivity contribution in [3.8, 4) is 0 Å². The zero-order valence-electron chi connectivity index (χ0n) is 12.0. The van der Waals surface area contributed by atoms with Gasteiger partial charge in [0.05, 0.1) is 0 Å². The van der Waals surface area contributed by atoms with Gasteiger partial charge in [0.2, 0.25) is 0 Å². The molecule has 0 bridgehead atoms. The molecule has 0 amide bonds. The zero-order valence-corrected chi connectivity index (χ0v) is 12.0. The highest BCUT2D eigenvalue weighted by atomic mass is 15.2. The Labute approximate surface area is 107 Å². The van der Waals surface area contributed by atoms with Crippen molar-refractivity contribution in [1.82, 2.24) is 15.5 Å². The highest BCUT2D eigenvalue weighted by Gasteiger charge is 2.21. The summed E-state index contributed by atoms with van der Waals surface area (Å²) >= 11 is 0. The van der Waals surface area contributed by atoms with E-state index in [1.807, 2.05) is 0 Å². The number of rotatable bonds is 9. The van der Waals surface area contributed by atoms with Gasteiger partial charge in [-0.15, -0.1) is 0 Å². The van der Waals surface area contributed by atoms with Gasteiger partial charge in [-0.1, -0.05) is 20.8 Å². The number of nitrogens with one attached hydrogen (secondary N) is 2. The third-order valence-electron chi connectivity index (χ3n) is 3.51. The van der Waals surface area contributed by atoms with Crippen LogP contribution in [0.2, 0.25) is 0 Å². The minimum atomic E-state index is 0.630. The molecule has 1 rings (SSSR count). The second kappa shape index (κ2) is 8.90. The summed E-state index contributed by atoms with van der Waals surface area (Å²) in [5.41, 5.74) is 0. The van der Waals surface area contributed by atoms with Crippen molar-refractivity contribution in [1.29, 1.82) is 0 Å². The van der Waals surface area contributed by atoms with Gasteiger partial charge in [0.25, 0.3) is 0 Å². The number of likely N-dealkylation sites (tertiary alicyclic amines) is 1. The number of nitrogens with zero attached hydrogens (tertiary/aromatic N) is 1. The fourth-order valence-electron chi connectivity index (χ4n) is 2.47. The average Bonchev–Trinajstić information content (AvgIpc) is 2.72. The number of hydrogen-bond acceptors (Lipinski definition) is 3. The van der Waals surface area contributed by atoms with Crippen LogP contribution < -0.4 is 10.6 Å². The van der Waals surface area contributed by atoms with Gasteiger partial charge < -0.3 is 15.5 Å². The van der Waals surface area contributed by atoms with Crippen LogP contribution >= 0.6 is 0 Å². The lowest BCUT2D eigenvalue weighted by atomic mass is 10.1. The van der Waals surface area contributed by atoms with E-state index in [-0.39, 0.29) is 0 Å². The molecular formula is C14H31N3. The van der Waals surface area contributed by atoms with E-state index < -0.39 is 0 Å². The molecule has 1 unspecified atom stereocenters. The minimum absolute atomic E-state index is 0.630. The van der Waals surface area contributed by atoms with Gasteiger partial charge in [-0.25, -0.2) is 0 Å². The number of hydrogen-bond donors (Lipinski definition) is 2. The Morgan fingerprint density at radius 1 is 1.24 bits per heavy atom. The first-order chi connectivity index (χ1) is 8.22. The maximum Gasteiger partial charge on any atom is 0.0107 e. The molecule has 0 spiro atoms. The lowest BCUT2D eigenvalue weighted by molar-refractivity contribution is 0.317. The van der Waals surface area contributed by atoms with Crippen LogP contribution in [-0.4, -0.2) is 50.2 Å². The third kappa shape index (κ3) is 7.02. The minimum Gasteiger partial charge on any atom is -0.315 e. The predicted molar refractivity (Wildman–Crippen MR) is 75.5 cm³/mol. The molecule has 0 saturated carbocycles. The van der Waals surface area contributed by atoms with Crippen LogP contribution in [0.1, 0.15) is 40.0 Å². The Morgan fingerprint density at radius 2 is 2.06 bits per heavy atom. The highest BCUT2D eigenvalue weighted by Crippen LogP contribution is 2.18. The van der Waals surface area contributed by atoms with Crippen molar-refractivity contribution in [2.45, 2.75) is 46.1 Å². The molecule has 0 aromatic heterocycles. The van der Waals surface area contributed by atoms with Crippen LogP contribution in [0, 0.1) is 5.92 Å². The lowest BCUT2D eigenvalue weighted by Crippen LogP contribution is -2.31. The van der Waals surface area contributed by atoms with E-state index in [1.54, 1.807) is 0 Å². The molecule has 1 aliphatic rings. The standard InChI is InChI=1S/C14H31N3/c1-4-7-15-9-11-17-10-6-14(12-17)5-8-16-13(2)3/h13-16H,4-12H2,1-3H3. The molecule has 17 heavy (non-hydrogen) atoms. The van der Waals surface area contributed by atoms with Gasteiger partial charge in [-0.05, 0) is 44.8 Å². The maximum atomic E-state index is 3.52. The topological polar surface area (TPSA) is 27.3 Å². The first kappa shape index (κ1) is 14.9. The van der Waals surface area contributed by atoms with Crippen LogP contribution in [0.3, 0.4) is 0 Å². The Bertz CT molecular complexity index is 182. The summed E-state index contributed by atoms with van der Waals surface area (Å²) in [6.45, 7) is 14.0. The van der Waals surface area contributed by atoms with Crippen molar-refractivity contribution >= 4 is 0 Å². The molecule has 1 saturated heterocycles. The van der Waals surface area contributed by atoms with Crippen LogP contribution in [0.4, 0.5) is 0 Å². The molecule has 3 heteroatoms. The Morgan fingerprint density at radius 3 is 2.76 bits per heavy atom. The summed E-state index contributed by atoms with van der Waals surface area (Å²) in [5, 5.41) is 7.00. The van der Waals surface area contributed by atoms with Gasteiger partial charge in [0.1, 0.15) is 0 Å². The highest BCUT2D eigenvalue weighted by molar-refractivity contribution is 4.76. The van der Waals surface area contributed by atoms with E-state index in [2.05, 4.69) is 36.3 Å². The molecule has 102 valence electrons. The molecule has 3 nitrogen and oxygen atoms in total. The molecule has 0 aliphatic carbocycles. The molecular weight excluding hydrogens is 210 g/mol. The van der Waals surface area contributed by atoms with E-state index in [0.29, 0.717) is 6.04 Å². The first-order valence-electron chi connectivity index (χ1n) is 7.38. The van der Waals surface area contributed by atoms with E-state index in [0.717, 1.165) is 19.0 Å². The zero-order chi connectivity index (χ0) is 12.5. The quantitative estimate of drug-likeness (QED) is 0.602. The summed E-state index contributed by atoms with van der Waals surface area (Å²) in [6.07, 6.45) is 3.98. The predicted octanol–water partition coefficient (Wildman–Crippen LogP) is 1.70. The summed E-state index contributed by atoms with van der Waals surface area (Å²) in [5.74, 6) is 0.924. The van der Waals surface area contributed by atoms with Crippen molar-refractivity contribution < 1.29 is 0 Å². The molecule has 0 aromatic carbocycles. The van der Waals surface area contributed by atoms with E-state index in [1.165, 1.54) is 45.4 Å². The Kier molecular flexibility index (Phi) is 7.82. The fourth-order valence-corrected chi connectivity index (χ4v) is 2.47. The fraction of sp³-hybridized carbons (Fsp3) is 1.00. The molecule has 1 fully saturated rings. The van der Waals surface area contributed by atoms with Crippen molar-refractivity contribution in [3.63, 3.8) is 0 Å². The van der Waals surface area contributed by atoms with Crippen LogP contribution in [0.5, 0.6) is 0 Å². The van der Waals surface area contributed by atoms with Crippen LogP contribution in [-0.2, 0) is 0 Å². The monoisotopic (exact) mass is 241 g/mol. The summed E-state index contributed by atoms with van der Waals surface area (Å²) in [7, 11) is 0. The van der Waals surface area contributed by atoms with Gasteiger partial charge in [-0.2, -0.15) is 0 Å². The summed E-state index contributed by atoms with van der Waals surface area (Å²) in [6, 6.07) is 0.630. The van der Waals surface area contributed by atoms with E-state index >= 15 is 0 Å². The average molecular weight is 241 g/mol. The SMILES string of the molecule is CCCNCCN1CCC(CCNC(C)C)C1. The maximum absolute atomic E-state index is 3.52. The van der Waals surface area contributed by atoms with Gasteiger partial charge >= 0.3 is 0 Å². The molecule has 0 aromatic rings. The van der Waals surface area contributed by atoms with Crippen molar-refractivity contribution in [3.05, 3.63) is 0 Å². The summed E-state index contributed by atoms with van der Waals surface area (Å²) in [4.78, 5) is 2.61. The smallest absolute Gasteiger partial charge is 0.0107 e. The molecule has 1 atom stereocenters. The Balaban J connectivity index is 1.98. The lowest BCUT2D eigenvalue weighted by Gasteiger charge is -2.16. The molecule has 0 radical (unpaired) electrons. The van der Waals surface area contributed by atoms with Crippen LogP contribution in [0.25, 0.3) is 0 Å². The molecule has 2 N–H and O–H groups in total. The Hall–Kier alpha value is -0.120. The molecule has 1 heterocycles. The van der Waals surface area contributed by atoms with Gasteiger partial charge in [0, 0.05) is 25.7 Å². The third-order valence-corrected chi connectivity index (χ3v) is 3.51. The van der Waals surface area contributed by atoms with E-state index in [9.17, 15) is 0 Å². The van der Waals surface area contributed by atoms with Crippen molar-refractivity contribution in [2.75, 3.05) is 39.3 Å². The van der Waals surface area contributed by atoms with Crippen LogP contribution in [0.15, 0.2) is 0 Å². The van der Waals surface area contributed by atoms with Gasteiger partial charge in [-0.3, -0.25) is 0 Å². The summed E-state index contributed by atoms with van der Waals surface area (Å²) < 4.78 is 0. The normalized spacial score (nSPS) is 21.5. The second-order valence-electron chi connectivity index (χ2n) is 5.60. The second-order valence-corrected chi connectivity index (χ2v) is 5.60. The van der Waals surface area contributed by atoms with Crippen molar-refractivity contribution in [2.24, 2.45) is 5.92 Å². The molecule has 1 aliphatic heterocycles. The largest absolute Gasteiger partial charge is 0.315 e. The van der Waals surface area contributed by atoms with Gasteiger partial charge in [0.15, 0.2) is 0 Å². The first-order valence-corrected chi connectivity index (χ1v) is 7.38.